The predicted octanol–water partition coefficient (Wildman–Crippen LogP) is 3.00. The largest absolute Gasteiger partial charge is 0.392 e. The quantitative estimate of drug-likeness (QED) is 0.835. The summed E-state index contributed by atoms with van der Waals surface area (Å²) < 4.78 is 0.898. The molecular formula is C14H12BrN3OS. The summed E-state index contributed by atoms with van der Waals surface area (Å²) in [5.74, 6) is -0.137. The minimum absolute atomic E-state index is 0.137. The van der Waals surface area contributed by atoms with Crippen molar-refractivity contribution < 1.29 is 4.79 Å². The van der Waals surface area contributed by atoms with Crippen LogP contribution in [0.2, 0.25) is 0 Å². The van der Waals surface area contributed by atoms with Gasteiger partial charge in [-0.25, -0.2) is 0 Å². The molecule has 1 amide bonds. The number of thiocarbonyl (C=S) groups is 1. The van der Waals surface area contributed by atoms with E-state index in [4.69, 9.17) is 18.0 Å². The molecule has 6 heteroatoms. The molecule has 1 aromatic carbocycles. The minimum Gasteiger partial charge on any atom is -0.392 e. The number of carbonyl (C=O) groups is 1. The van der Waals surface area contributed by atoms with Crippen LogP contribution in [0, 0.1) is 5.41 Å². The first-order valence-corrected chi connectivity index (χ1v) is 7.39. The third-order valence-electron chi connectivity index (χ3n) is 3.58. The van der Waals surface area contributed by atoms with Gasteiger partial charge in [-0.3, -0.25) is 9.78 Å². The maximum atomic E-state index is 12.3. The van der Waals surface area contributed by atoms with Crippen LogP contribution in [0.15, 0.2) is 34.9 Å². The molecule has 2 aromatic rings. The zero-order chi connectivity index (χ0) is 14.3. The Labute approximate surface area is 129 Å². The summed E-state index contributed by atoms with van der Waals surface area (Å²) in [5, 5.41) is 3.86. The van der Waals surface area contributed by atoms with Crippen molar-refractivity contribution in [3.63, 3.8) is 0 Å². The molecule has 1 aliphatic rings. The van der Waals surface area contributed by atoms with Crippen LogP contribution in [-0.4, -0.2) is 15.9 Å². The summed E-state index contributed by atoms with van der Waals surface area (Å²) in [5.41, 5.74) is 6.44. The Morgan fingerprint density at radius 3 is 2.85 bits per heavy atom. The number of nitrogens with zero attached hydrogens (tertiary/aromatic N) is 1. The molecule has 1 aliphatic carbocycles. The molecular weight excluding hydrogens is 338 g/mol. The van der Waals surface area contributed by atoms with Crippen molar-refractivity contribution in [1.82, 2.24) is 4.98 Å². The Balaban J connectivity index is 1.96. The van der Waals surface area contributed by atoms with Gasteiger partial charge in [-0.1, -0.05) is 24.4 Å². The summed E-state index contributed by atoms with van der Waals surface area (Å²) in [6.45, 7) is 0. The van der Waals surface area contributed by atoms with Crippen molar-refractivity contribution in [2.75, 3.05) is 5.32 Å². The number of halogens is 1. The first kappa shape index (κ1) is 13.5. The number of aromatic nitrogens is 1. The maximum absolute atomic E-state index is 12.3. The van der Waals surface area contributed by atoms with Crippen molar-refractivity contribution in [2.45, 2.75) is 12.8 Å². The molecule has 0 unspecified atom stereocenters. The fourth-order valence-electron chi connectivity index (χ4n) is 2.19. The van der Waals surface area contributed by atoms with Crippen molar-refractivity contribution in [1.29, 1.82) is 0 Å². The number of rotatable bonds is 3. The van der Waals surface area contributed by atoms with Crippen LogP contribution in [0.5, 0.6) is 0 Å². The van der Waals surface area contributed by atoms with Gasteiger partial charge >= 0.3 is 0 Å². The molecule has 4 nitrogen and oxygen atoms in total. The van der Waals surface area contributed by atoms with Crippen LogP contribution in [0.25, 0.3) is 10.9 Å². The lowest BCUT2D eigenvalue weighted by Gasteiger charge is -2.14. The maximum Gasteiger partial charge on any atom is 0.237 e. The summed E-state index contributed by atoms with van der Waals surface area (Å²) in [6, 6.07) is 7.62. The van der Waals surface area contributed by atoms with Gasteiger partial charge in [-0.2, -0.15) is 0 Å². The Morgan fingerprint density at radius 1 is 1.45 bits per heavy atom. The zero-order valence-electron chi connectivity index (χ0n) is 10.5. The number of benzene rings is 1. The van der Waals surface area contributed by atoms with E-state index in [0.29, 0.717) is 5.69 Å². The molecule has 102 valence electrons. The predicted molar refractivity (Wildman–Crippen MR) is 86.5 cm³/mol. The van der Waals surface area contributed by atoms with E-state index >= 15 is 0 Å². The van der Waals surface area contributed by atoms with E-state index in [1.807, 2.05) is 24.3 Å². The lowest BCUT2D eigenvalue weighted by molar-refractivity contribution is -0.118. The van der Waals surface area contributed by atoms with E-state index < -0.39 is 5.41 Å². The van der Waals surface area contributed by atoms with Gasteiger partial charge in [0.05, 0.1) is 21.6 Å². The Hall–Kier alpha value is -1.53. The second-order valence-corrected chi connectivity index (χ2v) is 6.29. The summed E-state index contributed by atoms with van der Waals surface area (Å²) in [7, 11) is 0. The lowest BCUT2D eigenvalue weighted by Crippen LogP contribution is -2.35. The van der Waals surface area contributed by atoms with Crippen LogP contribution in [0.3, 0.4) is 0 Å². The third-order valence-corrected chi connectivity index (χ3v) is 4.41. The Kier molecular flexibility index (Phi) is 3.22. The molecule has 0 radical (unpaired) electrons. The number of pyridine rings is 1. The van der Waals surface area contributed by atoms with Crippen molar-refractivity contribution >= 4 is 55.6 Å². The number of hydrogen-bond acceptors (Lipinski definition) is 3. The highest BCUT2D eigenvalue weighted by atomic mass is 79.9. The normalized spacial score (nSPS) is 15.8. The second-order valence-electron chi connectivity index (χ2n) is 4.93. The monoisotopic (exact) mass is 349 g/mol. The zero-order valence-corrected chi connectivity index (χ0v) is 12.9. The molecule has 1 aromatic heterocycles. The van der Waals surface area contributed by atoms with Gasteiger partial charge < -0.3 is 11.1 Å². The number of hydrogen-bond donors (Lipinski definition) is 2. The van der Waals surface area contributed by atoms with E-state index in [1.165, 1.54) is 0 Å². The fraction of sp³-hybridized carbons (Fsp3) is 0.214. The molecule has 0 atom stereocenters. The van der Waals surface area contributed by atoms with Crippen molar-refractivity contribution in [3.05, 3.63) is 34.9 Å². The molecule has 0 aliphatic heterocycles. The average Bonchev–Trinajstić information content (AvgIpc) is 3.20. The summed E-state index contributed by atoms with van der Waals surface area (Å²) >= 11 is 8.38. The first-order valence-electron chi connectivity index (χ1n) is 6.18. The molecule has 3 rings (SSSR count). The van der Waals surface area contributed by atoms with Crippen LogP contribution < -0.4 is 11.1 Å². The van der Waals surface area contributed by atoms with Crippen LogP contribution >= 0.6 is 28.1 Å². The first-order chi connectivity index (χ1) is 9.53. The van der Waals surface area contributed by atoms with Crippen LogP contribution in [-0.2, 0) is 4.79 Å². The van der Waals surface area contributed by atoms with Gasteiger partial charge in [0, 0.05) is 16.1 Å². The van der Waals surface area contributed by atoms with Gasteiger partial charge in [-0.15, -0.1) is 0 Å². The van der Waals surface area contributed by atoms with Crippen LogP contribution in [0.4, 0.5) is 5.69 Å². The van der Waals surface area contributed by atoms with Gasteiger partial charge in [0.2, 0.25) is 5.91 Å². The highest BCUT2D eigenvalue weighted by molar-refractivity contribution is 9.10. The summed E-state index contributed by atoms with van der Waals surface area (Å²) in [6.07, 6.45) is 3.15. The lowest BCUT2D eigenvalue weighted by atomic mass is 10.1. The number of para-hydroxylation sites is 1. The van der Waals surface area contributed by atoms with Gasteiger partial charge in [0.25, 0.3) is 0 Å². The van der Waals surface area contributed by atoms with Crippen molar-refractivity contribution in [2.24, 2.45) is 11.1 Å². The average molecular weight is 350 g/mol. The Bertz CT molecular complexity index is 727. The summed E-state index contributed by atoms with van der Waals surface area (Å²) in [4.78, 5) is 17.0. The molecule has 1 fully saturated rings. The molecule has 0 saturated heterocycles. The number of amides is 1. The fourth-order valence-corrected chi connectivity index (χ4v) is 2.83. The molecule has 0 spiro atoms. The van der Waals surface area contributed by atoms with Gasteiger partial charge in [0.1, 0.15) is 0 Å². The molecule has 20 heavy (non-hydrogen) atoms. The van der Waals surface area contributed by atoms with E-state index in [0.717, 1.165) is 28.2 Å². The van der Waals surface area contributed by atoms with E-state index in [-0.39, 0.29) is 10.9 Å². The topological polar surface area (TPSA) is 68.0 Å². The molecule has 1 saturated carbocycles. The SMILES string of the molecule is NC(=S)C1(C(=O)Nc2cccc3cc(Br)cnc23)CC1. The highest BCUT2D eigenvalue weighted by Gasteiger charge is 2.52. The minimum atomic E-state index is -0.660. The second kappa shape index (κ2) is 4.79. The number of anilines is 1. The van der Waals surface area contributed by atoms with E-state index in [1.54, 1.807) is 6.20 Å². The van der Waals surface area contributed by atoms with Crippen molar-refractivity contribution in [3.8, 4) is 0 Å². The standard InChI is InChI=1S/C14H12BrN3OS/c15-9-6-8-2-1-3-10(11(8)17-7-9)18-13(19)14(4-5-14)12(16)20/h1-3,6-7H,4-5H2,(H2,16,20)(H,18,19). The third kappa shape index (κ3) is 2.19. The van der Waals surface area contributed by atoms with E-state index in [2.05, 4.69) is 26.2 Å². The highest BCUT2D eigenvalue weighted by Crippen LogP contribution is 2.47. The number of nitrogens with two attached hydrogens (primary N) is 1. The smallest absolute Gasteiger partial charge is 0.237 e. The molecule has 0 bridgehead atoms. The molecule has 3 N–H and O–H groups in total. The van der Waals surface area contributed by atoms with Gasteiger partial charge in [0.15, 0.2) is 0 Å². The van der Waals surface area contributed by atoms with E-state index in [9.17, 15) is 4.79 Å². The van der Waals surface area contributed by atoms with Gasteiger partial charge in [-0.05, 0) is 40.9 Å². The Morgan fingerprint density at radius 2 is 2.20 bits per heavy atom. The molecule has 1 heterocycles. The van der Waals surface area contributed by atoms with Crippen LogP contribution in [0.1, 0.15) is 12.8 Å². The number of nitrogens with one attached hydrogen (secondary N) is 1. The number of carbonyl (C=O) groups excluding carboxylic acids is 1. The number of fused-ring (bicyclic) bond motifs is 1.